The van der Waals surface area contributed by atoms with Crippen molar-refractivity contribution in [2.45, 2.75) is 66.4 Å². The first-order chi connectivity index (χ1) is 19.4. The highest BCUT2D eigenvalue weighted by Gasteiger charge is 2.54. The van der Waals surface area contributed by atoms with Gasteiger partial charge in [-0.3, -0.25) is 4.98 Å². The van der Waals surface area contributed by atoms with Gasteiger partial charge < -0.3 is 23.7 Å². The van der Waals surface area contributed by atoms with Gasteiger partial charge in [0.05, 0.1) is 12.2 Å². The van der Waals surface area contributed by atoms with E-state index in [1.165, 1.54) is 0 Å². The van der Waals surface area contributed by atoms with Crippen LogP contribution in [0.25, 0.3) is 10.9 Å². The van der Waals surface area contributed by atoms with Crippen LogP contribution in [0.5, 0.6) is 5.75 Å². The molecule has 7 nitrogen and oxygen atoms in total. The number of carbonyl (C=O) groups is 1. The second kappa shape index (κ2) is 11.3. The summed E-state index contributed by atoms with van der Waals surface area (Å²) in [6.45, 7) is 15.5. The van der Waals surface area contributed by atoms with Crippen LogP contribution in [0.3, 0.4) is 0 Å². The molecule has 2 unspecified atom stereocenters. The highest BCUT2D eigenvalue weighted by atomic mass is 16.7. The predicted molar refractivity (Wildman–Crippen MR) is 158 cm³/mol. The van der Waals surface area contributed by atoms with Gasteiger partial charge in [0.1, 0.15) is 11.4 Å². The Balaban J connectivity index is 1.85. The van der Waals surface area contributed by atoms with Gasteiger partial charge in [-0.25, -0.2) is 4.79 Å². The minimum atomic E-state index is -1.31. The fourth-order valence-corrected chi connectivity index (χ4v) is 6.04. The lowest BCUT2D eigenvalue weighted by molar-refractivity contribution is -0.0680. The SMILES string of the molecule is CCCOC(C)Oc1cc(N(CC)CC)ccc1C1(c2c(C)n(CC)c3ccccc23)OC(=O)c2cccnc21. The smallest absolute Gasteiger partial charge is 0.341 e. The normalized spacial score (nSPS) is 17.1. The Bertz CT molecular complexity index is 1520. The summed E-state index contributed by atoms with van der Waals surface area (Å²) in [5.74, 6) is 0.205. The molecule has 0 aliphatic carbocycles. The highest BCUT2D eigenvalue weighted by Crippen LogP contribution is 2.53. The van der Waals surface area contributed by atoms with Crippen LogP contribution in [0.4, 0.5) is 5.69 Å². The lowest BCUT2D eigenvalue weighted by Crippen LogP contribution is -2.33. The third kappa shape index (κ3) is 4.42. The molecule has 2 atom stereocenters. The molecule has 1 aliphatic heterocycles. The van der Waals surface area contributed by atoms with Crippen LogP contribution in [0, 0.1) is 6.92 Å². The third-order valence-corrected chi connectivity index (χ3v) is 7.83. The maximum Gasteiger partial charge on any atom is 0.341 e. The number of benzene rings is 2. The van der Waals surface area contributed by atoms with E-state index in [0.717, 1.165) is 59.5 Å². The van der Waals surface area contributed by atoms with E-state index in [0.29, 0.717) is 23.6 Å². The molecule has 7 heteroatoms. The fraction of sp³-hybridized carbons (Fsp3) is 0.394. The number of aromatic nitrogens is 2. The van der Waals surface area contributed by atoms with Gasteiger partial charge in [-0.2, -0.15) is 0 Å². The summed E-state index contributed by atoms with van der Waals surface area (Å²) in [4.78, 5) is 20.6. The maximum absolute atomic E-state index is 13.6. The highest BCUT2D eigenvalue weighted by molar-refractivity contribution is 5.98. The number of aryl methyl sites for hydroxylation is 1. The summed E-state index contributed by atoms with van der Waals surface area (Å²) >= 11 is 0. The summed E-state index contributed by atoms with van der Waals surface area (Å²) in [7, 11) is 0. The van der Waals surface area contributed by atoms with Gasteiger partial charge in [0.15, 0.2) is 6.29 Å². The number of ether oxygens (including phenoxy) is 3. The molecule has 0 radical (unpaired) electrons. The van der Waals surface area contributed by atoms with E-state index in [1.807, 2.05) is 31.2 Å². The molecule has 0 fully saturated rings. The molecular formula is C33H39N3O4. The predicted octanol–water partition coefficient (Wildman–Crippen LogP) is 6.82. The average molecular weight is 542 g/mol. The van der Waals surface area contributed by atoms with E-state index in [2.05, 4.69) is 62.3 Å². The number of esters is 1. The van der Waals surface area contributed by atoms with E-state index in [-0.39, 0.29) is 0 Å². The molecule has 0 saturated carbocycles. The molecule has 5 rings (SSSR count). The average Bonchev–Trinajstić information content (AvgIpc) is 3.43. The first-order valence-electron chi connectivity index (χ1n) is 14.4. The Morgan fingerprint density at radius 3 is 2.55 bits per heavy atom. The lowest BCUT2D eigenvalue weighted by atomic mass is 9.80. The number of para-hydroxylation sites is 1. The van der Waals surface area contributed by atoms with Crippen LogP contribution < -0.4 is 9.64 Å². The molecule has 0 spiro atoms. The number of hydrogen-bond acceptors (Lipinski definition) is 6. The molecule has 4 aromatic rings. The van der Waals surface area contributed by atoms with Gasteiger partial charge in [-0.1, -0.05) is 25.1 Å². The fourth-order valence-electron chi connectivity index (χ4n) is 6.04. The summed E-state index contributed by atoms with van der Waals surface area (Å²) in [6, 6.07) is 18.0. The summed E-state index contributed by atoms with van der Waals surface area (Å²) < 4.78 is 21.3. The van der Waals surface area contributed by atoms with Crippen LogP contribution in [-0.4, -0.2) is 41.5 Å². The van der Waals surface area contributed by atoms with Crippen molar-refractivity contribution < 1.29 is 19.0 Å². The number of nitrogens with zero attached hydrogens (tertiary/aromatic N) is 3. The topological polar surface area (TPSA) is 65.8 Å². The molecule has 2 aromatic carbocycles. The van der Waals surface area contributed by atoms with E-state index < -0.39 is 17.9 Å². The molecule has 0 N–H and O–H groups in total. The Morgan fingerprint density at radius 1 is 1.05 bits per heavy atom. The van der Waals surface area contributed by atoms with E-state index in [4.69, 9.17) is 19.2 Å². The molecule has 3 heterocycles. The van der Waals surface area contributed by atoms with Crippen molar-refractivity contribution in [3.63, 3.8) is 0 Å². The van der Waals surface area contributed by atoms with Crippen LogP contribution in [0.1, 0.15) is 73.9 Å². The van der Waals surface area contributed by atoms with Crippen LogP contribution in [-0.2, 0) is 21.6 Å². The second-order valence-electron chi connectivity index (χ2n) is 10.1. The lowest BCUT2D eigenvalue weighted by Gasteiger charge is -2.33. The Labute approximate surface area is 236 Å². The number of hydrogen-bond donors (Lipinski definition) is 0. The van der Waals surface area contributed by atoms with E-state index >= 15 is 0 Å². The van der Waals surface area contributed by atoms with Gasteiger partial charge in [-0.05, 0) is 71.4 Å². The van der Waals surface area contributed by atoms with Gasteiger partial charge in [0.25, 0.3) is 0 Å². The molecule has 40 heavy (non-hydrogen) atoms. The summed E-state index contributed by atoms with van der Waals surface area (Å²) in [6.07, 6.45) is 2.11. The first kappa shape index (κ1) is 27.7. The standard InChI is InChI=1S/C33H39N3O4/c1-7-20-38-23(6)39-29-21-24(35(8-2)9-3)17-18-27(29)33(31-26(32(37)40-33)15-13-19-34-31)30-22(5)36(10-4)28-16-12-11-14-25(28)30/h11-19,21,23H,7-10,20H2,1-6H3. The molecule has 0 bridgehead atoms. The quantitative estimate of drug-likeness (QED) is 0.153. The van der Waals surface area contributed by atoms with Gasteiger partial charge in [0, 0.05) is 65.3 Å². The Morgan fingerprint density at radius 2 is 1.82 bits per heavy atom. The second-order valence-corrected chi connectivity index (χ2v) is 10.1. The molecular weight excluding hydrogens is 502 g/mol. The molecule has 0 amide bonds. The number of carbonyl (C=O) groups excluding carboxylic acids is 1. The molecule has 210 valence electrons. The Hall–Kier alpha value is -3.84. The van der Waals surface area contributed by atoms with Crippen LogP contribution >= 0.6 is 0 Å². The van der Waals surface area contributed by atoms with Crippen LogP contribution in [0.15, 0.2) is 60.8 Å². The maximum atomic E-state index is 13.6. The van der Waals surface area contributed by atoms with Gasteiger partial charge in [-0.15, -0.1) is 0 Å². The van der Waals surface area contributed by atoms with E-state index in [1.54, 1.807) is 18.3 Å². The summed E-state index contributed by atoms with van der Waals surface area (Å²) in [5, 5.41) is 1.02. The Kier molecular flexibility index (Phi) is 7.86. The zero-order valence-electron chi connectivity index (χ0n) is 24.4. The van der Waals surface area contributed by atoms with Gasteiger partial charge >= 0.3 is 5.97 Å². The third-order valence-electron chi connectivity index (χ3n) is 7.83. The minimum Gasteiger partial charge on any atom is -0.465 e. The van der Waals surface area contributed by atoms with E-state index in [9.17, 15) is 4.79 Å². The van der Waals surface area contributed by atoms with Crippen molar-refractivity contribution in [1.82, 2.24) is 9.55 Å². The van der Waals surface area contributed by atoms with Crippen LogP contribution in [0.2, 0.25) is 0 Å². The number of fused-ring (bicyclic) bond motifs is 2. The molecule has 2 aromatic heterocycles. The van der Waals surface area contributed by atoms with Crippen molar-refractivity contribution in [3.8, 4) is 5.75 Å². The monoisotopic (exact) mass is 541 g/mol. The number of cyclic esters (lactones) is 1. The molecule has 0 saturated heterocycles. The van der Waals surface area contributed by atoms with Crippen molar-refractivity contribution >= 4 is 22.6 Å². The van der Waals surface area contributed by atoms with Crippen molar-refractivity contribution in [3.05, 3.63) is 88.9 Å². The number of anilines is 1. The number of pyridine rings is 1. The number of rotatable bonds is 11. The molecule has 1 aliphatic rings. The largest absolute Gasteiger partial charge is 0.465 e. The van der Waals surface area contributed by atoms with Gasteiger partial charge in [0.2, 0.25) is 5.60 Å². The zero-order valence-corrected chi connectivity index (χ0v) is 24.4. The first-order valence-corrected chi connectivity index (χ1v) is 14.4. The van der Waals surface area contributed by atoms with Crippen molar-refractivity contribution in [2.24, 2.45) is 0 Å². The van der Waals surface area contributed by atoms with Crippen molar-refractivity contribution in [2.75, 3.05) is 24.6 Å². The van der Waals surface area contributed by atoms with Crippen molar-refractivity contribution in [1.29, 1.82) is 0 Å². The minimum absolute atomic E-state index is 0.398. The summed E-state index contributed by atoms with van der Waals surface area (Å²) in [5.41, 5.74) is 4.48. The zero-order chi connectivity index (χ0) is 28.4.